The first-order valence-electron chi connectivity index (χ1n) is 5.08. The van der Waals surface area contributed by atoms with Crippen LogP contribution in [0.1, 0.15) is 25.7 Å². The molecule has 3 saturated carbocycles. The number of amides is 1. The van der Waals surface area contributed by atoms with Gasteiger partial charge in [-0.05, 0) is 36.5 Å². The molecule has 1 amide bonds. The van der Waals surface area contributed by atoms with Crippen molar-refractivity contribution in [2.45, 2.75) is 25.7 Å². The lowest BCUT2D eigenvalue weighted by molar-refractivity contribution is -0.120. The van der Waals surface area contributed by atoms with Crippen LogP contribution in [0.5, 0.6) is 0 Å². The van der Waals surface area contributed by atoms with Gasteiger partial charge < -0.3 is 5.73 Å². The normalized spacial score (nSPS) is 54.8. The average molecular weight is 165 g/mol. The van der Waals surface area contributed by atoms with E-state index in [9.17, 15) is 4.79 Å². The fourth-order valence-electron chi connectivity index (χ4n) is 3.90. The van der Waals surface area contributed by atoms with Crippen molar-refractivity contribution in [1.29, 1.82) is 0 Å². The van der Waals surface area contributed by atoms with E-state index in [4.69, 9.17) is 5.73 Å². The van der Waals surface area contributed by atoms with Gasteiger partial charge >= 0.3 is 0 Å². The molecule has 12 heavy (non-hydrogen) atoms. The van der Waals surface area contributed by atoms with Crippen LogP contribution in [0.15, 0.2) is 0 Å². The van der Waals surface area contributed by atoms with Gasteiger partial charge in [-0.25, -0.2) is 0 Å². The second-order valence-corrected chi connectivity index (χ2v) is 4.76. The van der Waals surface area contributed by atoms with Gasteiger partial charge in [-0.2, -0.15) is 0 Å². The Morgan fingerprint density at radius 3 is 2.83 bits per heavy atom. The molecule has 0 aromatic rings. The van der Waals surface area contributed by atoms with E-state index < -0.39 is 0 Å². The summed E-state index contributed by atoms with van der Waals surface area (Å²) in [5.74, 6) is 3.52. The van der Waals surface area contributed by atoms with Gasteiger partial charge in [0.25, 0.3) is 0 Å². The van der Waals surface area contributed by atoms with Crippen LogP contribution in [0, 0.1) is 29.6 Å². The molecule has 0 aromatic carbocycles. The highest BCUT2D eigenvalue weighted by Gasteiger charge is 2.64. The first kappa shape index (κ1) is 6.93. The fourth-order valence-corrected chi connectivity index (χ4v) is 3.90. The van der Waals surface area contributed by atoms with Crippen molar-refractivity contribution in [3.8, 4) is 0 Å². The molecule has 3 fully saturated rings. The van der Waals surface area contributed by atoms with Gasteiger partial charge in [0.2, 0.25) is 5.91 Å². The number of carbonyl (C=O) groups is 1. The maximum absolute atomic E-state index is 11.0. The zero-order valence-corrected chi connectivity index (χ0v) is 7.20. The van der Waals surface area contributed by atoms with Crippen LogP contribution >= 0.6 is 0 Å². The van der Waals surface area contributed by atoms with Crippen LogP contribution in [0.2, 0.25) is 0 Å². The van der Waals surface area contributed by atoms with Crippen molar-refractivity contribution in [2.24, 2.45) is 35.3 Å². The molecule has 5 unspecified atom stereocenters. The Morgan fingerprint density at radius 1 is 1.25 bits per heavy atom. The maximum atomic E-state index is 11.0. The number of carbonyl (C=O) groups excluding carboxylic acids is 1. The molecule has 2 heteroatoms. The van der Waals surface area contributed by atoms with Gasteiger partial charge in [0.1, 0.15) is 0 Å². The largest absolute Gasteiger partial charge is 0.369 e. The molecule has 0 aromatic heterocycles. The molecule has 3 aliphatic carbocycles. The Balaban J connectivity index is 1.78. The fraction of sp³-hybridized carbons (Fsp3) is 0.900. The topological polar surface area (TPSA) is 43.1 Å². The number of fused-ring (bicyclic) bond motifs is 3. The quantitative estimate of drug-likeness (QED) is 0.622. The molecule has 0 radical (unpaired) electrons. The Bertz CT molecular complexity index is 238. The molecule has 2 nitrogen and oxygen atoms in total. The number of hydrogen-bond donors (Lipinski definition) is 1. The minimum atomic E-state index is -0.0321. The molecule has 0 bridgehead atoms. The molecule has 0 aliphatic heterocycles. The predicted molar refractivity (Wildman–Crippen MR) is 45.1 cm³/mol. The third-order valence-corrected chi connectivity index (χ3v) is 4.35. The Morgan fingerprint density at radius 2 is 2.08 bits per heavy atom. The molecule has 3 rings (SSSR count). The smallest absolute Gasteiger partial charge is 0.221 e. The number of primary amides is 1. The van der Waals surface area contributed by atoms with E-state index in [2.05, 4.69) is 0 Å². The predicted octanol–water partition coefficient (Wildman–Crippen LogP) is 1.15. The van der Waals surface area contributed by atoms with Crippen molar-refractivity contribution in [1.82, 2.24) is 0 Å². The van der Waals surface area contributed by atoms with Crippen LogP contribution in [0.3, 0.4) is 0 Å². The standard InChI is InChI=1S/C10H15NO/c11-10(12)9-7-4-5-2-1-3-6(5)8(7)9/h5-9H,1-4H2,(H2,11,12). The number of nitrogens with two attached hydrogens (primary N) is 1. The Kier molecular flexibility index (Phi) is 1.18. The van der Waals surface area contributed by atoms with Crippen LogP contribution in [0.4, 0.5) is 0 Å². The van der Waals surface area contributed by atoms with Crippen molar-refractivity contribution >= 4 is 5.91 Å². The summed E-state index contributed by atoms with van der Waals surface area (Å²) in [5.41, 5.74) is 5.33. The van der Waals surface area contributed by atoms with Crippen molar-refractivity contribution in [2.75, 3.05) is 0 Å². The minimum absolute atomic E-state index is 0.0321. The molecular weight excluding hydrogens is 150 g/mol. The summed E-state index contributed by atoms with van der Waals surface area (Å²) in [7, 11) is 0. The third-order valence-electron chi connectivity index (χ3n) is 4.35. The summed E-state index contributed by atoms with van der Waals surface area (Å²) in [4.78, 5) is 11.0. The van der Waals surface area contributed by atoms with Gasteiger partial charge in [-0.3, -0.25) is 4.79 Å². The van der Waals surface area contributed by atoms with Gasteiger partial charge in [0.05, 0.1) is 0 Å². The van der Waals surface area contributed by atoms with Gasteiger partial charge in [0.15, 0.2) is 0 Å². The minimum Gasteiger partial charge on any atom is -0.369 e. The summed E-state index contributed by atoms with van der Waals surface area (Å²) >= 11 is 0. The van der Waals surface area contributed by atoms with E-state index in [1.807, 2.05) is 0 Å². The van der Waals surface area contributed by atoms with Crippen molar-refractivity contribution < 1.29 is 4.79 Å². The van der Waals surface area contributed by atoms with E-state index in [1.165, 1.54) is 25.7 Å². The lowest BCUT2D eigenvalue weighted by Crippen LogP contribution is -2.20. The first-order valence-corrected chi connectivity index (χ1v) is 5.08. The molecule has 2 N–H and O–H groups in total. The molecule has 5 atom stereocenters. The first-order chi connectivity index (χ1) is 5.79. The van der Waals surface area contributed by atoms with E-state index in [-0.39, 0.29) is 11.8 Å². The average Bonchev–Trinajstić information content (AvgIpc) is 2.40. The molecule has 0 spiro atoms. The summed E-state index contributed by atoms with van der Waals surface area (Å²) in [6, 6.07) is 0. The maximum Gasteiger partial charge on any atom is 0.221 e. The Hall–Kier alpha value is -0.530. The monoisotopic (exact) mass is 165 g/mol. The SMILES string of the molecule is NC(=O)C1C2CC3CCCC3C21. The second-order valence-electron chi connectivity index (χ2n) is 4.76. The van der Waals surface area contributed by atoms with Gasteiger partial charge in [0, 0.05) is 5.92 Å². The molecule has 0 heterocycles. The lowest BCUT2D eigenvalue weighted by Gasteiger charge is -2.13. The summed E-state index contributed by atoms with van der Waals surface area (Å²) < 4.78 is 0. The van der Waals surface area contributed by atoms with Crippen LogP contribution in [-0.4, -0.2) is 5.91 Å². The molecule has 0 saturated heterocycles. The van der Waals surface area contributed by atoms with E-state index in [0.29, 0.717) is 5.92 Å². The van der Waals surface area contributed by atoms with E-state index >= 15 is 0 Å². The van der Waals surface area contributed by atoms with Crippen LogP contribution < -0.4 is 5.73 Å². The molecule has 3 aliphatic rings. The third kappa shape index (κ3) is 0.686. The molecule has 66 valence electrons. The summed E-state index contributed by atoms with van der Waals surface area (Å²) in [6.45, 7) is 0. The summed E-state index contributed by atoms with van der Waals surface area (Å²) in [5, 5.41) is 0. The number of rotatable bonds is 1. The second kappa shape index (κ2) is 2.04. The van der Waals surface area contributed by atoms with Gasteiger partial charge in [-0.15, -0.1) is 0 Å². The highest BCUT2D eigenvalue weighted by molar-refractivity contribution is 5.80. The van der Waals surface area contributed by atoms with Crippen molar-refractivity contribution in [3.63, 3.8) is 0 Å². The van der Waals surface area contributed by atoms with Crippen LogP contribution in [0.25, 0.3) is 0 Å². The lowest BCUT2D eigenvalue weighted by atomic mass is 9.92. The van der Waals surface area contributed by atoms with E-state index in [1.54, 1.807) is 0 Å². The van der Waals surface area contributed by atoms with Crippen LogP contribution in [-0.2, 0) is 4.79 Å². The summed E-state index contributed by atoms with van der Waals surface area (Å²) in [6.07, 6.45) is 5.49. The zero-order valence-electron chi connectivity index (χ0n) is 7.20. The Labute approximate surface area is 72.5 Å². The zero-order chi connectivity index (χ0) is 8.29. The van der Waals surface area contributed by atoms with Crippen molar-refractivity contribution in [3.05, 3.63) is 0 Å². The van der Waals surface area contributed by atoms with Gasteiger partial charge in [-0.1, -0.05) is 12.8 Å². The highest BCUT2D eigenvalue weighted by Crippen LogP contribution is 2.66. The number of hydrogen-bond acceptors (Lipinski definition) is 1. The van der Waals surface area contributed by atoms with E-state index in [0.717, 1.165) is 17.8 Å². The molecular formula is C10H15NO. The highest BCUT2D eigenvalue weighted by atomic mass is 16.1.